The summed E-state index contributed by atoms with van der Waals surface area (Å²) in [6, 6.07) is 0. The Hall–Kier alpha value is -1.63. The van der Waals surface area contributed by atoms with Crippen molar-refractivity contribution < 1.29 is 14.9 Å². The highest BCUT2D eigenvalue weighted by atomic mass is 16.6. The number of hydrogen-bond acceptors (Lipinski definition) is 6. The standard InChI is InChI=1S/C13H19N3O3/c1-4-13(7-17)11(18)8(2)12(19-13)16-6-5-10(14)15-9(16)3/h4-6,8,11-12,17-18H,1,3,7H2,2H3,(H2,14,15)/t8-,11-,12+,13?/m0/s1. The first-order valence-corrected chi connectivity index (χ1v) is 6.05. The maximum absolute atomic E-state index is 10.3. The van der Waals surface area contributed by atoms with Crippen LogP contribution >= 0.6 is 0 Å². The minimum atomic E-state index is -1.16. The number of amidine groups is 1. The SMILES string of the molecule is C=CC1(CO)O[C@@H](N2C=CC(N)=NC2=C)[C@@H](C)[C@@H]1O. The van der Waals surface area contributed by atoms with Gasteiger partial charge in [-0.2, -0.15) is 0 Å². The van der Waals surface area contributed by atoms with E-state index < -0.39 is 17.9 Å². The van der Waals surface area contributed by atoms with Crippen LogP contribution in [0.25, 0.3) is 0 Å². The number of aliphatic hydroxyl groups excluding tert-OH is 2. The summed E-state index contributed by atoms with van der Waals surface area (Å²) in [6.07, 6.45) is 3.42. The molecule has 1 fully saturated rings. The smallest absolute Gasteiger partial charge is 0.141 e. The van der Waals surface area contributed by atoms with E-state index in [0.717, 1.165) is 0 Å². The van der Waals surface area contributed by atoms with Gasteiger partial charge in [-0.05, 0) is 6.08 Å². The number of nitrogens with two attached hydrogens (primary N) is 1. The van der Waals surface area contributed by atoms with Gasteiger partial charge in [-0.3, -0.25) is 0 Å². The zero-order chi connectivity index (χ0) is 14.2. The molecule has 104 valence electrons. The second kappa shape index (κ2) is 4.80. The molecule has 0 saturated carbocycles. The molecule has 2 aliphatic heterocycles. The lowest BCUT2D eigenvalue weighted by atomic mass is 9.91. The van der Waals surface area contributed by atoms with Crippen LogP contribution in [-0.2, 0) is 4.74 Å². The normalized spacial score (nSPS) is 38.5. The third-order valence-corrected chi connectivity index (χ3v) is 3.62. The summed E-state index contributed by atoms with van der Waals surface area (Å²) in [5, 5.41) is 19.7. The van der Waals surface area contributed by atoms with Gasteiger partial charge >= 0.3 is 0 Å². The van der Waals surface area contributed by atoms with Crippen molar-refractivity contribution >= 4 is 5.84 Å². The van der Waals surface area contributed by atoms with Crippen molar-refractivity contribution in [3.63, 3.8) is 0 Å². The first-order valence-electron chi connectivity index (χ1n) is 6.05. The number of aliphatic hydroxyl groups is 2. The molecule has 1 unspecified atom stereocenters. The summed E-state index contributed by atoms with van der Waals surface area (Å²) in [5.74, 6) is 0.549. The van der Waals surface area contributed by atoms with E-state index in [1.54, 1.807) is 17.2 Å². The lowest BCUT2D eigenvalue weighted by Crippen LogP contribution is -2.42. The summed E-state index contributed by atoms with van der Waals surface area (Å²) < 4.78 is 5.80. The molecule has 1 saturated heterocycles. The van der Waals surface area contributed by atoms with Gasteiger partial charge in [0.05, 0.1) is 12.7 Å². The highest BCUT2D eigenvalue weighted by molar-refractivity contribution is 5.92. The van der Waals surface area contributed by atoms with Crippen LogP contribution in [0.5, 0.6) is 0 Å². The fourth-order valence-corrected chi connectivity index (χ4v) is 2.40. The van der Waals surface area contributed by atoms with Gasteiger partial charge in [0.15, 0.2) is 0 Å². The maximum Gasteiger partial charge on any atom is 0.141 e. The van der Waals surface area contributed by atoms with E-state index in [1.807, 2.05) is 6.92 Å². The van der Waals surface area contributed by atoms with Crippen molar-refractivity contribution in [3.05, 3.63) is 37.3 Å². The fourth-order valence-electron chi connectivity index (χ4n) is 2.40. The Kier molecular flexibility index (Phi) is 3.49. The molecule has 0 radical (unpaired) electrons. The average molecular weight is 265 g/mol. The van der Waals surface area contributed by atoms with Crippen molar-refractivity contribution in [2.75, 3.05) is 6.61 Å². The first kappa shape index (κ1) is 13.8. The molecule has 0 amide bonds. The Labute approximate surface area is 112 Å². The van der Waals surface area contributed by atoms with Crippen LogP contribution in [-0.4, -0.2) is 45.5 Å². The Balaban J connectivity index is 2.26. The van der Waals surface area contributed by atoms with E-state index in [2.05, 4.69) is 18.2 Å². The molecule has 6 heteroatoms. The predicted molar refractivity (Wildman–Crippen MR) is 71.8 cm³/mol. The van der Waals surface area contributed by atoms with Crippen molar-refractivity contribution in [1.82, 2.24) is 4.90 Å². The minimum Gasteiger partial charge on any atom is -0.393 e. The fraction of sp³-hybridized carbons (Fsp3) is 0.462. The van der Waals surface area contributed by atoms with E-state index in [0.29, 0.717) is 11.7 Å². The number of nitrogens with zero attached hydrogens (tertiary/aromatic N) is 2. The van der Waals surface area contributed by atoms with Gasteiger partial charge in [0.2, 0.25) is 0 Å². The molecule has 2 rings (SSSR count). The molecule has 0 aromatic heterocycles. The van der Waals surface area contributed by atoms with Gasteiger partial charge in [-0.15, -0.1) is 6.58 Å². The second-order valence-electron chi connectivity index (χ2n) is 4.81. The molecular formula is C13H19N3O3. The van der Waals surface area contributed by atoms with Gasteiger partial charge in [0, 0.05) is 12.1 Å². The quantitative estimate of drug-likeness (QED) is 0.621. The van der Waals surface area contributed by atoms with E-state index in [9.17, 15) is 10.2 Å². The Morgan fingerprint density at radius 3 is 2.84 bits per heavy atom. The van der Waals surface area contributed by atoms with Crippen LogP contribution < -0.4 is 5.73 Å². The molecule has 4 N–H and O–H groups in total. The first-order chi connectivity index (χ1) is 8.95. The number of hydrogen-bond donors (Lipinski definition) is 3. The number of aliphatic imine (C=N–C) groups is 1. The molecule has 0 aromatic rings. The summed E-state index contributed by atoms with van der Waals surface area (Å²) in [5.41, 5.74) is 4.42. The van der Waals surface area contributed by atoms with Crippen LogP contribution in [0.15, 0.2) is 42.3 Å². The molecule has 6 nitrogen and oxygen atoms in total. The van der Waals surface area contributed by atoms with Crippen molar-refractivity contribution in [2.45, 2.75) is 24.9 Å². The maximum atomic E-state index is 10.3. The van der Waals surface area contributed by atoms with Crippen LogP contribution in [0, 0.1) is 5.92 Å². The Bertz CT molecular complexity index is 460. The molecular weight excluding hydrogens is 246 g/mol. The molecule has 19 heavy (non-hydrogen) atoms. The third kappa shape index (κ3) is 2.07. The van der Waals surface area contributed by atoms with Crippen LogP contribution in [0.1, 0.15) is 6.92 Å². The van der Waals surface area contributed by atoms with Crippen molar-refractivity contribution in [1.29, 1.82) is 0 Å². The zero-order valence-corrected chi connectivity index (χ0v) is 10.9. The molecule has 0 aromatic carbocycles. The van der Waals surface area contributed by atoms with Gasteiger partial charge in [-0.25, -0.2) is 4.99 Å². The van der Waals surface area contributed by atoms with Crippen molar-refractivity contribution in [2.24, 2.45) is 16.6 Å². The van der Waals surface area contributed by atoms with Crippen LogP contribution in [0.3, 0.4) is 0 Å². The summed E-state index contributed by atoms with van der Waals surface area (Å²) in [7, 11) is 0. The monoisotopic (exact) mass is 265 g/mol. The van der Waals surface area contributed by atoms with E-state index in [-0.39, 0.29) is 12.5 Å². The van der Waals surface area contributed by atoms with Gasteiger partial charge in [-0.1, -0.05) is 19.6 Å². The topological polar surface area (TPSA) is 91.3 Å². The summed E-state index contributed by atoms with van der Waals surface area (Å²) in [6.45, 7) is 8.93. The lowest BCUT2D eigenvalue weighted by Gasteiger charge is -2.32. The van der Waals surface area contributed by atoms with Gasteiger partial charge in [0.25, 0.3) is 0 Å². The summed E-state index contributed by atoms with van der Waals surface area (Å²) in [4.78, 5) is 5.74. The number of rotatable bonds is 3. The molecule has 2 heterocycles. The highest BCUT2D eigenvalue weighted by Crippen LogP contribution is 2.39. The number of ether oxygens (including phenoxy) is 1. The third-order valence-electron chi connectivity index (χ3n) is 3.62. The largest absolute Gasteiger partial charge is 0.393 e. The molecule has 0 aliphatic carbocycles. The highest BCUT2D eigenvalue weighted by Gasteiger charge is 2.52. The Morgan fingerprint density at radius 2 is 2.37 bits per heavy atom. The predicted octanol–water partition coefficient (Wildman–Crippen LogP) is -0.0855. The van der Waals surface area contributed by atoms with Crippen LogP contribution in [0.2, 0.25) is 0 Å². The average Bonchev–Trinajstić information content (AvgIpc) is 2.64. The van der Waals surface area contributed by atoms with Gasteiger partial charge in [0.1, 0.15) is 23.5 Å². The zero-order valence-electron chi connectivity index (χ0n) is 10.9. The molecule has 2 aliphatic rings. The molecule has 4 atom stereocenters. The van der Waals surface area contributed by atoms with E-state index in [1.165, 1.54) is 6.08 Å². The van der Waals surface area contributed by atoms with E-state index >= 15 is 0 Å². The van der Waals surface area contributed by atoms with Crippen LogP contribution in [0.4, 0.5) is 0 Å². The molecule has 0 spiro atoms. The minimum absolute atomic E-state index is 0.249. The molecule has 0 bridgehead atoms. The summed E-state index contributed by atoms with van der Waals surface area (Å²) >= 11 is 0. The second-order valence-corrected chi connectivity index (χ2v) is 4.81. The van der Waals surface area contributed by atoms with Crippen molar-refractivity contribution in [3.8, 4) is 0 Å². The van der Waals surface area contributed by atoms with Gasteiger partial charge < -0.3 is 25.6 Å². The Morgan fingerprint density at radius 1 is 1.68 bits per heavy atom. The van der Waals surface area contributed by atoms with E-state index in [4.69, 9.17) is 10.5 Å². The lowest BCUT2D eigenvalue weighted by molar-refractivity contribution is -0.105.